The van der Waals surface area contributed by atoms with Crippen molar-refractivity contribution in [2.75, 3.05) is 10.6 Å². The molecule has 1 aromatic heterocycles. The molecule has 0 fully saturated rings. The lowest BCUT2D eigenvalue weighted by Gasteiger charge is -2.07. The Bertz CT molecular complexity index is 1340. The van der Waals surface area contributed by atoms with Crippen molar-refractivity contribution in [2.24, 2.45) is 0 Å². The van der Waals surface area contributed by atoms with Gasteiger partial charge in [0.25, 0.3) is 5.91 Å². The van der Waals surface area contributed by atoms with E-state index >= 15 is 0 Å². The summed E-state index contributed by atoms with van der Waals surface area (Å²) in [6.07, 6.45) is 1.71. The van der Waals surface area contributed by atoms with Gasteiger partial charge in [-0.1, -0.05) is 30.3 Å². The van der Waals surface area contributed by atoms with Crippen molar-refractivity contribution in [1.82, 2.24) is 10.2 Å². The number of carboxylic acid groups (broad SMARTS) is 1. The molecule has 4 aromatic rings. The lowest BCUT2D eigenvalue weighted by Crippen LogP contribution is -2.11. The summed E-state index contributed by atoms with van der Waals surface area (Å²) >= 11 is 0. The number of rotatable bonds is 6. The second kappa shape index (κ2) is 8.97. The number of amides is 2. The summed E-state index contributed by atoms with van der Waals surface area (Å²) in [6.45, 7) is 0. The zero-order valence-electron chi connectivity index (χ0n) is 16.7. The Labute approximate surface area is 182 Å². The third kappa shape index (κ3) is 4.71. The molecule has 32 heavy (non-hydrogen) atoms. The number of carbonyl (C=O) groups excluding carboxylic acids is 2. The van der Waals surface area contributed by atoms with E-state index in [2.05, 4.69) is 20.8 Å². The number of aliphatic carboxylic acids is 1. The summed E-state index contributed by atoms with van der Waals surface area (Å²) in [5.74, 6) is -1.97. The SMILES string of the molecule is O=C(O)/C=C\C(=O)Nc1cccc(-c2n[nH]c3ccc(NC(=O)c4ccccc4)cc23)c1. The lowest BCUT2D eigenvalue weighted by molar-refractivity contribution is -0.131. The summed E-state index contributed by atoms with van der Waals surface area (Å²) in [6, 6.07) is 21.4. The van der Waals surface area contributed by atoms with Gasteiger partial charge in [-0.25, -0.2) is 4.79 Å². The van der Waals surface area contributed by atoms with Crippen LogP contribution in [0, 0.1) is 0 Å². The van der Waals surface area contributed by atoms with Gasteiger partial charge in [-0.3, -0.25) is 14.7 Å². The van der Waals surface area contributed by atoms with Crippen LogP contribution in [0.4, 0.5) is 11.4 Å². The first-order chi connectivity index (χ1) is 15.5. The van der Waals surface area contributed by atoms with E-state index in [4.69, 9.17) is 5.11 Å². The predicted molar refractivity (Wildman–Crippen MR) is 121 cm³/mol. The molecule has 4 N–H and O–H groups in total. The number of anilines is 2. The molecule has 3 aromatic carbocycles. The molecular formula is C24H18N4O4. The Morgan fingerprint density at radius 1 is 0.844 bits per heavy atom. The number of nitrogens with one attached hydrogen (secondary N) is 3. The van der Waals surface area contributed by atoms with Crippen molar-refractivity contribution in [3.05, 3.63) is 90.5 Å². The van der Waals surface area contributed by atoms with Crippen LogP contribution in [0.3, 0.4) is 0 Å². The van der Waals surface area contributed by atoms with Gasteiger partial charge in [0, 0.05) is 40.0 Å². The van der Waals surface area contributed by atoms with Crippen LogP contribution in [-0.4, -0.2) is 33.1 Å². The molecule has 0 aliphatic heterocycles. The van der Waals surface area contributed by atoms with Gasteiger partial charge in [0.05, 0.1) is 5.52 Å². The van der Waals surface area contributed by atoms with Crippen LogP contribution in [0.2, 0.25) is 0 Å². The highest BCUT2D eigenvalue weighted by atomic mass is 16.4. The van der Waals surface area contributed by atoms with Crippen molar-refractivity contribution in [1.29, 1.82) is 0 Å². The van der Waals surface area contributed by atoms with Gasteiger partial charge in [-0.05, 0) is 42.5 Å². The van der Waals surface area contributed by atoms with Gasteiger partial charge >= 0.3 is 5.97 Å². The molecule has 0 atom stereocenters. The molecule has 0 bridgehead atoms. The molecule has 0 saturated carbocycles. The topological polar surface area (TPSA) is 124 Å². The molecule has 0 unspecified atom stereocenters. The van der Waals surface area contributed by atoms with Crippen LogP contribution < -0.4 is 10.6 Å². The van der Waals surface area contributed by atoms with Gasteiger partial charge in [0.1, 0.15) is 5.69 Å². The minimum absolute atomic E-state index is 0.214. The highest BCUT2D eigenvalue weighted by Crippen LogP contribution is 2.30. The Balaban J connectivity index is 1.59. The smallest absolute Gasteiger partial charge is 0.328 e. The number of H-pyrrole nitrogens is 1. The quantitative estimate of drug-likeness (QED) is 0.346. The van der Waals surface area contributed by atoms with Crippen LogP contribution in [-0.2, 0) is 9.59 Å². The maximum Gasteiger partial charge on any atom is 0.328 e. The number of hydrogen-bond acceptors (Lipinski definition) is 4. The van der Waals surface area contributed by atoms with E-state index in [1.165, 1.54) is 0 Å². The number of benzene rings is 3. The average molecular weight is 426 g/mol. The summed E-state index contributed by atoms with van der Waals surface area (Å²) < 4.78 is 0. The molecule has 8 nitrogen and oxygen atoms in total. The van der Waals surface area contributed by atoms with Gasteiger partial charge in [-0.2, -0.15) is 5.10 Å². The number of nitrogens with zero attached hydrogens (tertiary/aromatic N) is 1. The van der Waals surface area contributed by atoms with E-state index in [1.807, 2.05) is 24.3 Å². The van der Waals surface area contributed by atoms with Gasteiger partial charge in [0.2, 0.25) is 5.91 Å². The van der Waals surface area contributed by atoms with Gasteiger partial charge < -0.3 is 15.7 Å². The van der Waals surface area contributed by atoms with Gasteiger partial charge in [-0.15, -0.1) is 0 Å². The summed E-state index contributed by atoms with van der Waals surface area (Å²) in [5, 5.41) is 22.3. The normalized spacial score (nSPS) is 10.9. The first kappa shape index (κ1) is 20.5. The average Bonchev–Trinajstić information content (AvgIpc) is 3.22. The highest BCUT2D eigenvalue weighted by molar-refractivity contribution is 6.06. The van der Waals surface area contributed by atoms with Crippen molar-refractivity contribution < 1.29 is 19.5 Å². The minimum atomic E-state index is -1.20. The molecule has 0 spiro atoms. The molecule has 8 heteroatoms. The number of carboxylic acids is 1. The van der Waals surface area contributed by atoms with Crippen molar-refractivity contribution >= 4 is 40.1 Å². The Hall–Kier alpha value is -4.72. The second-order valence-corrected chi connectivity index (χ2v) is 6.89. The molecule has 0 radical (unpaired) electrons. The fourth-order valence-electron chi connectivity index (χ4n) is 3.18. The molecule has 2 amide bonds. The van der Waals surface area contributed by atoms with Crippen LogP contribution in [0.5, 0.6) is 0 Å². The van der Waals surface area contributed by atoms with Crippen LogP contribution >= 0.6 is 0 Å². The number of hydrogen-bond donors (Lipinski definition) is 4. The number of aromatic nitrogens is 2. The Kier molecular flexibility index (Phi) is 5.76. The van der Waals surface area contributed by atoms with E-state index in [0.29, 0.717) is 22.6 Å². The number of carbonyl (C=O) groups is 3. The van der Waals surface area contributed by atoms with Crippen molar-refractivity contribution in [3.63, 3.8) is 0 Å². The molecule has 1 heterocycles. The summed E-state index contributed by atoms with van der Waals surface area (Å²) in [4.78, 5) is 34.9. The molecule has 158 valence electrons. The predicted octanol–water partition coefficient (Wildman–Crippen LogP) is 4.06. The van der Waals surface area contributed by atoms with E-state index < -0.39 is 11.9 Å². The Morgan fingerprint density at radius 3 is 2.41 bits per heavy atom. The zero-order valence-corrected chi connectivity index (χ0v) is 16.7. The maximum atomic E-state index is 12.5. The highest BCUT2D eigenvalue weighted by Gasteiger charge is 2.12. The summed E-state index contributed by atoms with van der Waals surface area (Å²) in [7, 11) is 0. The number of aromatic amines is 1. The second-order valence-electron chi connectivity index (χ2n) is 6.89. The van der Waals surface area contributed by atoms with E-state index in [1.54, 1.807) is 48.5 Å². The van der Waals surface area contributed by atoms with Crippen LogP contribution in [0.25, 0.3) is 22.2 Å². The standard InChI is InChI=1S/C24H18N4O4/c29-21(11-12-22(30)31)25-17-8-4-7-16(13-17)23-19-14-18(9-10-20(19)27-28-23)26-24(32)15-5-2-1-3-6-15/h1-14H,(H,25,29)(H,26,32)(H,27,28)(H,30,31)/b12-11-. The summed E-state index contributed by atoms with van der Waals surface area (Å²) in [5.41, 5.74) is 3.84. The first-order valence-electron chi connectivity index (χ1n) is 9.66. The van der Waals surface area contributed by atoms with Gasteiger partial charge in [0.15, 0.2) is 0 Å². The largest absolute Gasteiger partial charge is 0.478 e. The van der Waals surface area contributed by atoms with E-state index in [9.17, 15) is 14.4 Å². The Morgan fingerprint density at radius 2 is 1.62 bits per heavy atom. The van der Waals surface area contributed by atoms with Crippen LogP contribution in [0.15, 0.2) is 84.9 Å². The zero-order chi connectivity index (χ0) is 22.5. The van der Waals surface area contributed by atoms with Crippen LogP contribution in [0.1, 0.15) is 10.4 Å². The van der Waals surface area contributed by atoms with Crippen molar-refractivity contribution in [2.45, 2.75) is 0 Å². The molecule has 0 aliphatic rings. The van der Waals surface area contributed by atoms with Crippen molar-refractivity contribution in [3.8, 4) is 11.3 Å². The molecular weight excluding hydrogens is 408 g/mol. The third-order valence-corrected chi connectivity index (χ3v) is 4.64. The monoisotopic (exact) mass is 426 g/mol. The lowest BCUT2D eigenvalue weighted by atomic mass is 10.1. The fourth-order valence-corrected chi connectivity index (χ4v) is 3.18. The fraction of sp³-hybridized carbons (Fsp3) is 0. The number of fused-ring (bicyclic) bond motifs is 1. The maximum absolute atomic E-state index is 12.5. The van der Waals surface area contributed by atoms with E-state index in [0.717, 1.165) is 28.6 Å². The van der Waals surface area contributed by atoms with E-state index in [-0.39, 0.29) is 5.91 Å². The molecule has 0 aliphatic carbocycles. The minimum Gasteiger partial charge on any atom is -0.478 e. The third-order valence-electron chi connectivity index (χ3n) is 4.64. The molecule has 0 saturated heterocycles. The molecule has 4 rings (SSSR count). The first-order valence-corrected chi connectivity index (χ1v) is 9.66.